The molecular formula is C25H22FN3O4S. The second kappa shape index (κ2) is 8.09. The summed E-state index contributed by atoms with van der Waals surface area (Å²) in [6, 6.07) is 11.3. The number of piperidine rings is 1. The van der Waals surface area contributed by atoms with E-state index in [1.54, 1.807) is 30.3 Å². The Balaban J connectivity index is 1.22. The van der Waals surface area contributed by atoms with Crippen LogP contribution < -0.4 is 14.8 Å². The minimum atomic E-state index is -0.355. The largest absolute Gasteiger partial charge is 0.454 e. The van der Waals surface area contributed by atoms with Gasteiger partial charge in [-0.05, 0) is 55.0 Å². The van der Waals surface area contributed by atoms with Crippen LogP contribution in [0.25, 0.3) is 10.4 Å². The van der Waals surface area contributed by atoms with Gasteiger partial charge in [-0.1, -0.05) is 18.2 Å². The van der Waals surface area contributed by atoms with E-state index in [2.05, 4.69) is 10.3 Å². The van der Waals surface area contributed by atoms with Crippen LogP contribution in [-0.4, -0.2) is 47.6 Å². The number of thiazole rings is 1. The number of nitrogens with one attached hydrogen (secondary N) is 1. The van der Waals surface area contributed by atoms with E-state index in [9.17, 15) is 14.0 Å². The SMILES string of the molecule is Cc1nc(C(=O)N2C[C@H]3C[C@H]3[C@H]2CNC(=O)c2cccc3c2OCO3)c(-c2cccc(F)c2)s1. The zero-order chi connectivity index (χ0) is 23.4. The van der Waals surface area contributed by atoms with E-state index in [0.29, 0.717) is 58.1 Å². The highest BCUT2D eigenvalue weighted by molar-refractivity contribution is 7.15. The average molecular weight is 480 g/mol. The summed E-state index contributed by atoms with van der Waals surface area (Å²) < 4.78 is 24.7. The van der Waals surface area contributed by atoms with E-state index in [1.807, 2.05) is 11.8 Å². The third-order valence-electron chi connectivity index (χ3n) is 6.70. The molecule has 2 aromatic carbocycles. The van der Waals surface area contributed by atoms with Crippen molar-refractivity contribution in [2.45, 2.75) is 19.4 Å². The summed E-state index contributed by atoms with van der Waals surface area (Å²) >= 11 is 1.38. The van der Waals surface area contributed by atoms with Crippen molar-refractivity contribution in [2.75, 3.05) is 19.9 Å². The van der Waals surface area contributed by atoms with Crippen LogP contribution in [0, 0.1) is 24.6 Å². The number of fused-ring (bicyclic) bond motifs is 2. The van der Waals surface area contributed by atoms with Gasteiger partial charge in [-0.2, -0.15) is 0 Å². The summed E-state index contributed by atoms with van der Waals surface area (Å²) in [4.78, 5) is 33.5. The van der Waals surface area contributed by atoms with Gasteiger partial charge in [-0.25, -0.2) is 9.37 Å². The number of carbonyl (C=O) groups excluding carboxylic acids is 2. The van der Waals surface area contributed by atoms with Gasteiger partial charge < -0.3 is 19.7 Å². The molecule has 9 heteroatoms. The highest BCUT2D eigenvalue weighted by Crippen LogP contribution is 2.50. The number of benzene rings is 2. The number of aromatic nitrogens is 1. The van der Waals surface area contributed by atoms with Crippen molar-refractivity contribution >= 4 is 23.2 Å². The standard InChI is InChI=1S/C25H22FN3O4S/c1-13-28-21(23(34-13)14-4-2-5-16(26)8-14)25(31)29-11-15-9-18(15)19(29)10-27-24(30)17-6-3-7-20-22(17)33-12-32-20/h2-8,15,18-19H,9-12H2,1H3,(H,27,30)/t15-,18-,19-/m1/s1. The number of aryl methyl sites for hydroxylation is 1. The first-order valence-electron chi connectivity index (χ1n) is 11.2. The van der Waals surface area contributed by atoms with Crippen molar-refractivity contribution in [3.05, 3.63) is 64.5 Å². The van der Waals surface area contributed by atoms with Crippen LogP contribution in [0.5, 0.6) is 11.5 Å². The van der Waals surface area contributed by atoms with E-state index >= 15 is 0 Å². The lowest BCUT2D eigenvalue weighted by Crippen LogP contribution is -2.45. The highest BCUT2D eigenvalue weighted by atomic mass is 32.1. The predicted molar refractivity (Wildman–Crippen MR) is 124 cm³/mol. The Bertz CT molecular complexity index is 1310. The smallest absolute Gasteiger partial charge is 0.274 e. The molecule has 1 aliphatic carbocycles. The molecule has 1 N–H and O–H groups in total. The normalized spacial score (nSPS) is 21.9. The number of likely N-dealkylation sites (tertiary alicyclic amines) is 1. The number of nitrogens with zero attached hydrogens (tertiary/aromatic N) is 2. The van der Waals surface area contributed by atoms with Crippen LogP contribution in [0.1, 0.15) is 32.3 Å². The van der Waals surface area contributed by atoms with Crippen LogP contribution in [-0.2, 0) is 0 Å². The zero-order valence-corrected chi connectivity index (χ0v) is 19.2. The summed E-state index contributed by atoms with van der Waals surface area (Å²) in [7, 11) is 0. The molecule has 0 bridgehead atoms. The van der Waals surface area contributed by atoms with Crippen LogP contribution in [0.2, 0.25) is 0 Å². The number of hydrogen-bond acceptors (Lipinski definition) is 6. The summed E-state index contributed by atoms with van der Waals surface area (Å²) in [5.41, 5.74) is 1.40. The fraction of sp³-hybridized carbons (Fsp3) is 0.320. The van der Waals surface area contributed by atoms with E-state index in [4.69, 9.17) is 9.47 Å². The van der Waals surface area contributed by atoms with Crippen molar-refractivity contribution in [2.24, 2.45) is 11.8 Å². The third kappa shape index (κ3) is 3.60. The number of hydrogen-bond donors (Lipinski definition) is 1. The number of halogens is 1. The van der Waals surface area contributed by atoms with Crippen molar-refractivity contribution in [3.8, 4) is 21.9 Å². The first-order valence-corrected chi connectivity index (χ1v) is 12.0. The lowest BCUT2D eigenvalue weighted by Gasteiger charge is -2.27. The first kappa shape index (κ1) is 21.1. The van der Waals surface area contributed by atoms with Crippen molar-refractivity contribution in [1.82, 2.24) is 15.2 Å². The Hall–Kier alpha value is -3.46. The van der Waals surface area contributed by atoms with Crippen LogP contribution in [0.4, 0.5) is 4.39 Å². The highest BCUT2D eigenvalue weighted by Gasteiger charge is 2.54. The topological polar surface area (TPSA) is 80.8 Å². The van der Waals surface area contributed by atoms with Gasteiger partial charge in [0.15, 0.2) is 11.5 Å². The maximum Gasteiger partial charge on any atom is 0.274 e. The van der Waals surface area contributed by atoms with Crippen LogP contribution in [0.3, 0.4) is 0 Å². The molecule has 7 nitrogen and oxygen atoms in total. The van der Waals surface area contributed by atoms with E-state index in [0.717, 1.165) is 11.4 Å². The second-order valence-corrected chi connectivity index (χ2v) is 10.1. The molecule has 3 aromatic rings. The van der Waals surface area contributed by atoms with Crippen molar-refractivity contribution < 1.29 is 23.5 Å². The molecule has 2 fully saturated rings. The molecule has 1 aromatic heterocycles. The lowest BCUT2D eigenvalue weighted by molar-refractivity contribution is 0.0690. The Morgan fingerprint density at radius 3 is 2.94 bits per heavy atom. The maximum atomic E-state index is 13.8. The molecule has 0 unspecified atom stereocenters. The molecule has 6 rings (SSSR count). The van der Waals surface area contributed by atoms with Gasteiger partial charge in [0, 0.05) is 13.1 Å². The molecule has 0 radical (unpaired) electrons. The van der Waals surface area contributed by atoms with Gasteiger partial charge in [0.1, 0.15) is 11.5 Å². The van der Waals surface area contributed by atoms with Gasteiger partial charge in [0.25, 0.3) is 11.8 Å². The Labute approximate surface area is 199 Å². The van der Waals surface area contributed by atoms with E-state index in [1.165, 1.54) is 23.5 Å². The van der Waals surface area contributed by atoms with Crippen LogP contribution >= 0.6 is 11.3 Å². The molecule has 1 saturated carbocycles. The molecule has 2 aliphatic heterocycles. The average Bonchev–Trinajstić information content (AvgIpc) is 3.16. The van der Waals surface area contributed by atoms with Gasteiger partial charge in [0.05, 0.1) is 21.5 Å². The lowest BCUT2D eigenvalue weighted by atomic mass is 10.1. The molecule has 1 saturated heterocycles. The third-order valence-corrected chi connectivity index (χ3v) is 7.72. The maximum absolute atomic E-state index is 13.8. The number of amides is 2. The number of para-hydroxylation sites is 1. The number of carbonyl (C=O) groups is 2. The quantitative estimate of drug-likeness (QED) is 0.601. The fourth-order valence-corrected chi connectivity index (χ4v) is 5.91. The summed E-state index contributed by atoms with van der Waals surface area (Å²) in [6.07, 6.45) is 1.05. The summed E-state index contributed by atoms with van der Waals surface area (Å²) in [5.74, 6) is 1.02. The van der Waals surface area contributed by atoms with Crippen LogP contribution in [0.15, 0.2) is 42.5 Å². The molecule has 34 heavy (non-hydrogen) atoms. The molecule has 3 aliphatic rings. The molecule has 2 amide bonds. The van der Waals surface area contributed by atoms with E-state index < -0.39 is 0 Å². The minimum Gasteiger partial charge on any atom is -0.454 e. The van der Waals surface area contributed by atoms with Gasteiger partial charge in [-0.15, -0.1) is 11.3 Å². The first-order chi connectivity index (χ1) is 16.5. The number of ether oxygens (including phenoxy) is 2. The monoisotopic (exact) mass is 479 g/mol. The Morgan fingerprint density at radius 2 is 2.09 bits per heavy atom. The molecular weight excluding hydrogens is 457 g/mol. The molecule has 174 valence electrons. The summed E-state index contributed by atoms with van der Waals surface area (Å²) in [6.45, 7) is 2.91. The van der Waals surface area contributed by atoms with Gasteiger partial charge in [0.2, 0.25) is 6.79 Å². The van der Waals surface area contributed by atoms with Gasteiger partial charge in [-0.3, -0.25) is 9.59 Å². The zero-order valence-electron chi connectivity index (χ0n) is 18.4. The molecule has 0 spiro atoms. The van der Waals surface area contributed by atoms with Crippen molar-refractivity contribution in [3.63, 3.8) is 0 Å². The van der Waals surface area contributed by atoms with Gasteiger partial charge >= 0.3 is 0 Å². The Morgan fingerprint density at radius 1 is 1.24 bits per heavy atom. The molecule has 3 atom stereocenters. The van der Waals surface area contributed by atoms with E-state index in [-0.39, 0.29) is 30.5 Å². The number of rotatable bonds is 5. The van der Waals surface area contributed by atoms with Crippen molar-refractivity contribution in [1.29, 1.82) is 0 Å². The fourth-order valence-electron chi connectivity index (χ4n) is 5.00. The Kier molecular flexibility index (Phi) is 5.02. The minimum absolute atomic E-state index is 0.0923. The second-order valence-electron chi connectivity index (χ2n) is 8.85. The molecule has 3 heterocycles. The predicted octanol–water partition coefficient (Wildman–Crippen LogP) is 3.88. The summed E-state index contributed by atoms with van der Waals surface area (Å²) in [5, 5.41) is 3.73.